The van der Waals surface area contributed by atoms with Crippen LogP contribution in [0.5, 0.6) is 0 Å². The van der Waals surface area contributed by atoms with E-state index in [9.17, 15) is 19.4 Å². The molecule has 0 saturated heterocycles. The van der Waals surface area contributed by atoms with Gasteiger partial charge in [-0.1, -0.05) is 48.5 Å². The zero-order valence-corrected chi connectivity index (χ0v) is 20.7. The number of aryl methyl sites for hydroxylation is 1. The number of aliphatic hydroxyl groups is 1. The smallest absolute Gasteiger partial charge is 0.335 e. The molecule has 0 saturated carbocycles. The minimum Gasteiger partial charge on any atom is -0.478 e. The maximum Gasteiger partial charge on any atom is 0.335 e. The first-order valence-electron chi connectivity index (χ1n) is 11.8. The Bertz CT molecular complexity index is 1160. The third kappa shape index (κ3) is 7.46. The zero-order chi connectivity index (χ0) is 25.6. The number of nitrogens with one attached hydrogen (secondary N) is 1. The van der Waals surface area contributed by atoms with Crippen molar-refractivity contribution in [2.75, 3.05) is 13.2 Å². The third-order valence-electron chi connectivity index (χ3n) is 6.06. The second-order valence-electron chi connectivity index (χ2n) is 9.63. The molecular formula is C29H34FNO4. The van der Waals surface area contributed by atoms with Crippen LogP contribution in [0.15, 0.2) is 66.7 Å². The highest BCUT2D eigenvalue weighted by molar-refractivity contribution is 5.89. The number of hydrogen-bond acceptors (Lipinski definition) is 4. The number of β-amino-alcohol motifs (C(OH)–C–C–N with tert-alkyl or cyclic N) is 1. The fourth-order valence-corrected chi connectivity index (χ4v) is 4.05. The van der Waals surface area contributed by atoms with Crippen LogP contribution in [0.2, 0.25) is 0 Å². The zero-order valence-electron chi connectivity index (χ0n) is 20.7. The van der Waals surface area contributed by atoms with Crippen LogP contribution in [-0.4, -0.2) is 41.0 Å². The fourth-order valence-electron chi connectivity index (χ4n) is 4.05. The summed E-state index contributed by atoms with van der Waals surface area (Å²) in [6, 6.07) is 19.8. The Hall–Kier alpha value is -3.06. The van der Waals surface area contributed by atoms with Crippen LogP contribution in [0.25, 0.3) is 11.1 Å². The number of rotatable bonds is 11. The molecule has 6 heteroatoms. The molecule has 0 unspecified atom stereocenters. The van der Waals surface area contributed by atoms with Crippen LogP contribution in [0, 0.1) is 12.7 Å². The summed E-state index contributed by atoms with van der Waals surface area (Å²) in [5.74, 6) is -1.18. The number of carbonyl (C=O) groups is 1. The van der Waals surface area contributed by atoms with Gasteiger partial charge in [0.15, 0.2) is 0 Å². The maximum atomic E-state index is 13.9. The van der Waals surface area contributed by atoms with Crippen LogP contribution < -0.4 is 5.32 Å². The number of hydrogen-bond donors (Lipinski definition) is 3. The van der Waals surface area contributed by atoms with Crippen molar-refractivity contribution in [3.8, 4) is 11.1 Å². The van der Waals surface area contributed by atoms with E-state index < -0.39 is 12.1 Å². The first kappa shape index (κ1) is 26.5. The van der Waals surface area contributed by atoms with Gasteiger partial charge in [0.2, 0.25) is 0 Å². The number of carboxylic acid groups (broad SMARTS) is 1. The highest BCUT2D eigenvalue weighted by atomic mass is 19.1. The average Bonchev–Trinajstić information content (AvgIpc) is 2.83. The predicted octanol–water partition coefficient (Wildman–Crippen LogP) is 5.55. The lowest BCUT2D eigenvalue weighted by Gasteiger charge is -2.28. The maximum absolute atomic E-state index is 13.9. The molecule has 0 amide bonds. The monoisotopic (exact) mass is 479 g/mol. The molecule has 2 atom stereocenters. The van der Waals surface area contributed by atoms with Crippen LogP contribution in [0.4, 0.5) is 4.39 Å². The molecule has 0 aliphatic carbocycles. The number of aromatic carboxylic acids is 1. The summed E-state index contributed by atoms with van der Waals surface area (Å²) in [6.07, 6.45) is -0.413. The van der Waals surface area contributed by atoms with Crippen molar-refractivity contribution in [2.45, 2.75) is 51.9 Å². The molecule has 5 nitrogen and oxygen atoms in total. The van der Waals surface area contributed by atoms with Gasteiger partial charge in [-0.2, -0.15) is 0 Å². The van der Waals surface area contributed by atoms with Crippen molar-refractivity contribution in [1.29, 1.82) is 0 Å². The van der Waals surface area contributed by atoms with Gasteiger partial charge >= 0.3 is 5.97 Å². The van der Waals surface area contributed by atoms with E-state index in [0.717, 1.165) is 22.3 Å². The Kier molecular flexibility index (Phi) is 8.78. The topological polar surface area (TPSA) is 78.8 Å². The van der Waals surface area contributed by atoms with Gasteiger partial charge < -0.3 is 20.3 Å². The van der Waals surface area contributed by atoms with Gasteiger partial charge in [0.05, 0.1) is 24.4 Å². The average molecular weight is 480 g/mol. The van der Waals surface area contributed by atoms with Crippen molar-refractivity contribution < 1.29 is 24.1 Å². The second kappa shape index (κ2) is 11.6. The van der Waals surface area contributed by atoms with Crippen molar-refractivity contribution in [3.05, 3.63) is 94.8 Å². The summed E-state index contributed by atoms with van der Waals surface area (Å²) in [6.45, 7) is 8.15. The lowest BCUT2D eigenvalue weighted by molar-refractivity contribution is -0.00397. The minimum absolute atomic E-state index is 0.132. The summed E-state index contributed by atoms with van der Waals surface area (Å²) in [4.78, 5) is 11.4. The van der Waals surface area contributed by atoms with E-state index in [1.54, 1.807) is 37.3 Å². The van der Waals surface area contributed by atoms with Crippen molar-refractivity contribution in [3.63, 3.8) is 0 Å². The van der Waals surface area contributed by atoms with E-state index in [4.69, 9.17) is 4.74 Å². The highest BCUT2D eigenvalue weighted by Gasteiger charge is 2.21. The van der Waals surface area contributed by atoms with Gasteiger partial charge in [0, 0.05) is 12.1 Å². The molecule has 0 radical (unpaired) electrons. The largest absolute Gasteiger partial charge is 0.478 e. The first-order chi connectivity index (χ1) is 16.6. The lowest BCUT2D eigenvalue weighted by Crippen LogP contribution is -2.46. The minimum atomic E-state index is -0.973. The van der Waals surface area contributed by atoms with Gasteiger partial charge in [0.1, 0.15) is 5.82 Å². The Morgan fingerprint density at radius 2 is 1.83 bits per heavy atom. The Balaban J connectivity index is 1.58. The Morgan fingerprint density at radius 3 is 2.54 bits per heavy atom. The number of halogens is 1. The molecule has 0 fully saturated rings. The molecule has 0 aromatic heterocycles. The summed E-state index contributed by atoms with van der Waals surface area (Å²) in [5, 5.41) is 23.2. The molecule has 0 aliphatic heterocycles. The van der Waals surface area contributed by atoms with Crippen molar-refractivity contribution in [2.24, 2.45) is 0 Å². The quantitative estimate of drug-likeness (QED) is 0.336. The highest BCUT2D eigenvalue weighted by Crippen LogP contribution is 2.30. The van der Waals surface area contributed by atoms with Gasteiger partial charge in [-0.25, -0.2) is 9.18 Å². The molecule has 0 heterocycles. The normalized spacial score (nSPS) is 13.4. The molecule has 186 valence electrons. The third-order valence-corrected chi connectivity index (χ3v) is 6.06. The molecule has 3 rings (SSSR count). The van der Waals surface area contributed by atoms with E-state index >= 15 is 0 Å². The summed E-state index contributed by atoms with van der Waals surface area (Å²) < 4.78 is 19.9. The fraction of sp³-hybridized carbons (Fsp3) is 0.345. The molecule has 35 heavy (non-hydrogen) atoms. The lowest BCUT2D eigenvalue weighted by atomic mass is 9.94. The summed E-state index contributed by atoms with van der Waals surface area (Å²) in [5.41, 5.74) is 4.01. The van der Waals surface area contributed by atoms with E-state index in [1.165, 1.54) is 0 Å². The van der Waals surface area contributed by atoms with Crippen molar-refractivity contribution >= 4 is 5.97 Å². The Morgan fingerprint density at radius 1 is 1.09 bits per heavy atom. The van der Waals surface area contributed by atoms with E-state index in [1.807, 2.05) is 57.2 Å². The number of carboxylic acids is 1. The van der Waals surface area contributed by atoms with Gasteiger partial charge in [0.25, 0.3) is 0 Å². The van der Waals surface area contributed by atoms with E-state index in [-0.39, 0.29) is 29.6 Å². The molecular weight excluding hydrogens is 445 g/mol. The molecule has 3 aromatic carbocycles. The molecule has 0 bridgehead atoms. The predicted molar refractivity (Wildman–Crippen MR) is 136 cm³/mol. The molecule has 0 aliphatic rings. The van der Waals surface area contributed by atoms with E-state index in [0.29, 0.717) is 18.5 Å². The summed E-state index contributed by atoms with van der Waals surface area (Å²) >= 11 is 0. The number of aliphatic hydroxyl groups excluding tert-OH is 1. The summed E-state index contributed by atoms with van der Waals surface area (Å²) in [7, 11) is 0. The van der Waals surface area contributed by atoms with Gasteiger partial charge in [-0.3, -0.25) is 0 Å². The Labute approximate surface area is 206 Å². The van der Waals surface area contributed by atoms with Crippen LogP contribution >= 0.6 is 0 Å². The molecule has 3 aromatic rings. The molecule has 3 N–H and O–H groups in total. The second-order valence-corrected chi connectivity index (χ2v) is 9.63. The van der Waals surface area contributed by atoms with Gasteiger partial charge in [-0.15, -0.1) is 0 Å². The molecule has 0 spiro atoms. The van der Waals surface area contributed by atoms with Crippen LogP contribution in [-0.2, 0) is 11.2 Å². The standard InChI is InChI=1S/C29H34FNO4/c1-19-12-13-21(14-27(19)30)16-29(3,4)31-17-24(32)18-35-20(2)25-10-5-6-11-26(25)22-8-7-9-23(15-22)28(33)34/h5-15,20,24,31-32H,16-18H2,1-4H3,(H,33,34)/t20-,24-/m1/s1. The van der Waals surface area contributed by atoms with Crippen LogP contribution in [0.3, 0.4) is 0 Å². The first-order valence-corrected chi connectivity index (χ1v) is 11.8. The number of benzene rings is 3. The number of ether oxygens (including phenoxy) is 1. The van der Waals surface area contributed by atoms with Gasteiger partial charge in [-0.05, 0) is 80.1 Å². The van der Waals surface area contributed by atoms with E-state index in [2.05, 4.69) is 5.32 Å². The SMILES string of the molecule is Cc1ccc(CC(C)(C)NC[C@@H](O)CO[C@H](C)c2ccccc2-c2cccc(C(=O)O)c2)cc1F. The van der Waals surface area contributed by atoms with Crippen molar-refractivity contribution in [1.82, 2.24) is 5.32 Å². The van der Waals surface area contributed by atoms with Crippen LogP contribution in [0.1, 0.15) is 53.9 Å².